The van der Waals surface area contributed by atoms with Gasteiger partial charge in [0.15, 0.2) is 0 Å². The summed E-state index contributed by atoms with van der Waals surface area (Å²) in [6.45, 7) is 6.09. The molecular weight excluding hydrogens is 430 g/mol. The molecule has 1 atom stereocenters. The lowest BCUT2D eigenvalue weighted by Crippen LogP contribution is -2.43. The van der Waals surface area contributed by atoms with Crippen LogP contribution in [-0.4, -0.2) is 44.2 Å². The maximum absolute atomic E-state index is 13.2. The molecule has 0 spiro atoms. The summed E-state index contributed by atoms with van der Waals surface area (Å²) in [6, 6.07) is 11.7. The molecule has 0 aliphatic carbocycles. The average Bonchev–Trinajstić information content (AvgIpc) is 2.75. The molecule has 1 aliphatic rings. The fraction of sp³-hybridized carbons (Fsp3) is 0.391. The van der Waals surface area contributed by atoms with Crippen LogP contribution in [0.3, 0.4) is 0 Å². The van der Waals surface area contributed by atoms with Crippen LogP contribution < -0.4 is 15.4 Å². The van der Waals surface area contributed by atoms with Crippen molar-refractivity contribution in [1.82, 2.24) is 4.31 Å². The van der Waals surface area contributed by atoms with Crippen molar-refractivity contribution in [3.63, 3.8) is 0 Å². The third kappa shape index (κ3) is 5.66. The predicted molar refractivity (Wildman–Crippen MR) is 123 cm³/mol. The first-order valence-electron chi connectivity index (χ1n) is 10.6. The van der Waals surface area contributed by atoms with Crippen LogP contribution in [0.15, 0.2) is 47.4 Å². The van der Waals surface area contributed by atoms with E-state index in [1.165, 1.54) is 11.2 Å². The summed E-state index contributed by atoms with van der Waals surface area (Å²) in [6.07, 6.45) is 1.20. The molecular formula is C23H29N3O5S. The van der Waals surface area contributed by atoms with Gasteiger partial charge in [-0.1, -0.05) is 6.07 Å². The smallest absolute Gasteiger partial charge is 0.243 e. The number of nitrogens with zero attached hydrogens (tertiary/aromatic N) is 1. The highest BCUT2D eigenvalue weighted by Crippen LogP contribution is 2.28. The Balaban J connectivity index is 1.71. The number of hydrogen-bond acceptors (Lipinski definition) is 5. The number of ether oxygens (including phenoxy) is 1. The summed E-state index contributed by atoms with van der Waals surface area (Å²) < 4.78 is 33.3. The van der Waals surface area contributed by atoms with E-state index in [0.717, 1.165) is 5.56 Å². The van der Waals surface area contributed by atoms with E-state index >= 15 is 0 Å². The van der Waals surface area contributed by atoms with Crippen LogP contribution in [0.25, 0.3) is 0 Å². The molecule has 8 nitrogen and oxygen atoms in total. The van der Waals surface area contributed by atoms with E-state index in [4.69, 9.17) is 4.74 Å². The fourth-order valence-corrected chi connectivity index (χ4v) is 5.36. The summed E-state index contributed by atoms with van der Waals surface area (Å²) in [5.41, 5.74) is 1.87. The first-order chi connectivity index (χ1) is 15.2. The number of nitrogens with one attached hydrogen (secondary N) is 2. The minimum Gasteiger partial charge on any atom is -0.494 e. The minimum atomic E-state index is -3.73. The number of carbonyl (C=O) groups is 2. The molecule has 0 bridgehead atoms. The number of anilines is 2. The molecule has 3 rings (SSSR count). The molecule has 32 heavy (non-hydrogen) atoms. The fourth-order valence-electron chi connectivity index (χ4n) is 3.75. The summed E-state index contributed by atoms with van der Waals surface area (Å²) in [5, 5.41) is 5.51. The van der Waals surface area contributed by atoms with Gasteiger partial charge in [0.25, 0.3) is 0 Å². The van der Waals surface area contributed by atoms with Gasteiger partial charge in [-0.05, 0) is 68.7 Å². The summed E-state index contributed by atoms with van der Waals surface area (Å²) in [4.78, 5) is 24.3. The van der Waals surface area contributed by atoms with Gasteiger partial charge in [0.2, 0.25) is 21.8 Å². The number of hydrogen-bond donors (Lipinski definition) is 2. The molecule has 0 aromatic heterocycles. The molecule has 1 fully saturated rings. The molecule has 0 saturated carbocycles. The normalized spacial score (nSPS) is 16.9. The lowest BCUT2D eigenvalue weighted by atomic mass is 9.98. The average molecular weight is 460 g/mol. The Hall–Kier alpha value is -2.91. The van der Waals surface area contributed by atoms with E-state index in [9.17, 15) is 18.0 Å². The van der Waals surface area contributed by atoms with Crippen molar-refractivity contribution in [2.45, 2.75) is 38.5 Å². The van der Waals surface area contributed by atoms with E-state index in [-0.39, 0.29) is 23.3 Å². The summed E-state index contributed by atoms with van der Waals surface area (Å²) >= 11 is 0. The lowest BCUT2D eigenvalue weighted by Gasteiger charge is -2.31. The van der Waals surface area contributed by atoms with Gasteiger partial charge in [-0.3, -0.25) is 9.59 Å². The molecule has 2 amide bonds. The number of benzene rings is 2. The van der Waals surface area contributed by atoms with Gasteiger partial charge in [0, 0.05) is 31.4 Å². The minimum absolute atomic E-state index is 0.117. The van der Waals surface area contributed by atoms with Crippen molar-refractivity contribution in [3.05, 3.63) is 48.0 Å². The first-order valence-corrected chi connectivity index (χ1v) is 12.1. The highest BCUT2D eigenvalue weighted by atomic mass is 32.2. The SMILES string of the molecule is CCOc1ccc(S(=O)(=O)N2CCC[C@@H](C(=O)Nc3cccc(NC(C)=O)c3)C2)cc1C. The molecule has 172 valence electrons. The van der Waals surface area contributed by atoms with Crippen molar-refractivity contribution >= 4 is 33.2 Å². The Bertz CT molecular complexity index is 1100. The molecule has 1 aliphatic heterocycles. The molecule has 0 unspecified atom stereocenters. The standard InChI is InChI=1S/C23H29N3O5S/c1-4-31-22-11-10-21(13-16(22)2)32(29,30)26-12-6-7-18(15-26)23(28)25-20-9-5-8-19(14-20)24-17(3)27/h5,8-11,13-14,18H,4,6-7,12,15H2,1-3H3,(H,24,27)(H,25,28)/t18-/m1/s1. The third-order valence-electron chi connectivity index (χ3n) is 5.29. The van der Waals surface area contributed by atoms with Gasteiger partial charge in [0.1, 0.15) is 5.75 Å². The number of sulfonamides is 1. The zero-order valence-electron chi connectivity index (χ0n) is 18.6. The quantitative estimate of drug-likeness (QED) is 0.660. The zero-order valence-corrected chi connectivity index (χ0v) is 19.4. The first kappa shape index (κ1) is 23.7. The number of rotatable bonds is 7. The Labute approximate surface area is 189 Å². The van der Waals surface area contributed by atoms with Crippen LogP contribution in [0.4, 0.5) is 11.4 Å². The van der Waals surface area contributed by atoms with E-state index in [0.29, 0.717) is 43.1 Å². The predicted octanol–water partition coefficient (Wildman–Crippen LogP) is 3.39. The molecule has 9 heteroatoms. The van der Waals surface area contributed by atoms with Crippen LogP contribution in [0.2, 0.25) is 0 Å². The summed E-state index contributed by atoms with van der Waals surface area (Å²) in [7, 11) is -3.73. The van der Waals surface area contributed by atoms with Crippen molar-refractivity contribution in [1.29, 1.82) is 0 Å². The monoisotopic (exact) mass is 459 g/mol. The van der Waals surface area contributed by atoms with E-state index in [1.54, 1.807) is 42.5 Å². The van der Waals surface area contributed by atoms with Crippen LogP contribution >= 0.6 is 0 Å². The van der Waals surface area contributed by atoms with Crippen LogP contribution in [0.1, 0.15) is 32.3 Å². The molecule has 1 saturated heterocycles. The van der Waals surface area contributed by atoms with Gasteiger partial charge in [-0.15, -0.1) is 0 Å². The lowest BCUT2D eigenvalue weighted by molar-refractivity contribution is -0.121. The molecule has 2 aromatic carbocycles. The maximum atomic E-state index is 13.2. The third-order valence-corrected chi connectivity index (χ3v) is 7.15. The Morgan fingerprint density at radius 1 is 1.12 bits per heavy atom. The summed E-state index contributed by atoms with van der Waals surface area (Å²) in [5.74, 6) is -0.255. The molecule has 1 heterocycles. The van der Waals surface area contributed by atoms with Crippen molar-refractivity contribution in [2.75, 3.05) is 30.3 Å². The number of piperidine rings is 1. The van der Waals surface area contributed by atoms with E-state index < -0.39 is 15.9 Å². The van der Waals surface area contributed by atoms with Gasteiger partial charge >= 0.3 is 0 Å². The number of amides is 2. The maximum Gasteiger partial charge on any atom is 0.243 e. The highest BCUT2D eigenvalue weighted by molar-refractivity contribution is 7.89. The molecule has 2 aromatic rings. The highest BCUT2D eigenvalue weighted by Gasteiger charge is 2.33. The van der Waals surface area contributed by atoms with Crippen LogP contribution in [0, 0.1) is 12.8 Å². The Morgan fingerprint density at radius 2 is 1.84 bits per heavy atom. The van der Waals surface area contributed by atoms with Crippen molar-refractivity contribution < 1.29 is 22.7 Å². The van der Waals surface area contributed by atoms with Gasteiger partial charge in [-0.2, -0.15) is 4.31 Å². The van der Waals surface area contributed by atoms with Crippen LogP contribution in [-0.2, 0) is 19.6 Å². The molecule has 2 N–H and O–H groups in total. The Morgan fingerprint density at radius 3 is 2.50 bits per heavy atom. The second-order valence-electron chi connectivity index (χ2n) is 7.81. The van der Waals surface area contributed by atoms with E-state index in [2.05, 4.69) is 10.6 Å². The second-order valence-corrected chi connectivity index (χ2v) is 9.75. The topological polar surface area (TPSA) is 105 Å². The van der Waals surface area contributed by atoms with Gasteiger partial charge < -0.3 is 15.4 Å². The van der Waals surface area contributed by atoms with Crippen molar-refractivity contribution in [3.8, 4) is 5.75 Å². The largest absolute Gasteiger partial charge is 0.494 e. The van der Waals surface area contributed by atoms with Crippen molar-refractivity contribution in [2.24, 2.45) is 5.92 Å². The molecule has 0 radical (unpaired) electrons. The van der Waals surface area contributed by atoms with Crippen LogP contribution in [0.5, 0.6) is 5.75 Å². The van der Waals surface area contributed by atoms with E-state index in [1.807, 2.05) is 13.8 Å². The van der Waals surface area contributed by atoms with Gasteiger partial charge in [-0.25, -0.2) is 8.42 Å². The Kier molecular flexibility index (Phi) is 7.52. The second kappa shape index (κ2) is 10.1. The zero-order chi connectivity index (χ0) is 23.3. The number of aryl methyl sites for hydroxylation is 1. The number of carbonyl (C=O) groups excluding carboxylic acids is 2. The van der Waals surface area contributed by atoms with Gasteiger partial charge in [0.05, 0.1) is 17.4 Å².